The van der Waals surface area contributed by atoms with Crippen molar-refractivity contribution >= 4 is 0 Å². The molecule has 2 nitrogen and oxygen atoms in total. The van der Waals surface area contributed by atoms with Crippen LogP contribution in [-0.2, 0) is 4.84 Å². The Labute approximate surface area is 83.2 Å². The van der Waals surface area contributed by atoms with Crippen molar-refractivity contribution in [3.8, 4) is 0 Å². The maximum absolute atomic E-state index is 5.63. The highest BCUT2D eigenvalue weighted by atomic mass is 16.7. The van der Waals surface area contributed by atoms with E-state index in [1.807, 2.05) is 12.1 Å². The van der Waals surface area contributed by atoms with E-state index in [2.05, 4.69) is 27.7 Å². The lowest BCUT2D eigenvalue weighted by Gasteiger charge is -2.21. The van der Waals surface area contributed by atoms with Crippen molar-refractivity contribution < 1.29 is 4.84 Å². The summed E-state index contributed by atoms with van der Waals surface area (Å²) in [6, 6.07) is 0. The Bertz CT molecular complexity index is 117. The van der Waals surface area contributed by atoms with Gasteiger partial charge < -0.3 is 0 Å². The molecule has 0 aromatic carbocycles. The molecule has 0 saturated heterocycles. The Hall–Kier alpha value is -0.0800. The monoisotopic (exact) mass is 187 g/mol. The number of hydroxylamine groups is 2. The van der Waals surface area contributed by atoms with E-state index in [1.165, 1.54) is 19.3 Å². The van der Waals surface area contributed by atoms with Crippen LogP contribution >= 0.6 is 0 Å². The fraction of sp³-hybridized carbons (Fsp3) is 1.00. The zero-order valence-corrected chi connectivity index (χ0v) is 9.84. The van der Waals surface area contributed by atoms with Gasteiger partial charge in [0.2, 0.25) is 0 Å². The molecule has 2 heteroatoms. The van der Waals surface area contributed by atoms with E-state index >= 15 is 0 Å². The van der Waals surface area contributed by atoms with E-state index in [9.17, 15) is 0 Å². The predicted octanol–water partition coefficient (Wildman–Crippen LogP) is 3.08. The van der Waals surface area contributed by atoms with Crippen LogP contribution in [0.4, 0.5) is 0 Å². The Morgan fingerprint density at radius 2 is 1.77 bits per heavy atom. The predicted molar refractivity (Wildman–Crippen MR) is 57.5 cm³/mol. The van der Waals surface area contributed by atoms with Gasteiger partial charge >= 0.3 is 0 Å². The summed E-state index contributed by atoms with van der Waals surface area (Å²) in [5.41, 5.74) is 0. The summed E-state index contributed by atoms with van der Waals surface area (Å²) in [7, 11) is 1.99. The SMILES string of the molecule is CCC(C)CCC(C)ON(C)CC. The first-order valence-corrected chi connectivity index (χ1v) is 5.48. The van der Waals surface area contributed by atoms with Crippen molar-refractivity contribution in [3.63, 3.8) is 0 Å². The largest absolute Gasteiger partial charge is 0.296 e. The van der Waals surface area contributed by atoms with Gasteiger partial charge in [0, 0.05) is 13.6 Å². The van der Waals surface area contributed by atoms with Gasteiger partial charge in [-0.3, -0.25) is 4.84 Å². The molecule has 0 fully saturated rings. The summed E-state index contributed by atoms with van der Waals surface area (Å²) in [5.74, 6) is 0.831. The Balaban J connectivity index is 3.45. The van der Waals surface area contributed by atoms with Crippen molar-refractivity contribution in [1.29, 1.82) is 0 Å². The molecule has 0 aliphatic carbocycles. The second-order valence-electron chi connectivity index (χ2n) is 3.95. The van der Waals surface area contributed by atoms with Gasteiger partial charge in [-0.25, -0.2) is 0 Å². The molecule has 0 rings (SSSR count). The van der Waals surface area contributed by atoms with Crippen molar-refractivity contribution in [2.45, 2.75) is 53.1 Å². The van der Waals surface area contributed by atoms with Crippen LogP contribution in [-0.4, -0.2) is 24.8 Å². The lowest BCUT2D eigenvalue weighted by atomic mass is 10.0. The minimum Gasteiger partial charge on any atom is -0.296 e. The molecule has 0 heterocycles. The highest BCUT2D eigenvalue weighted by Crippen LogP contribution is 2.13. The minimum absolute atomic E-state index is 0.360. The molecular weight excluding hydrogens is 162 g/mol. The van der Waals surface area contributed by atoms with E-state index in [0.29, 0.717) is 6.10 Å². The first kappa shape index (κ1) is 12.9. The molecule has 0 saturated carbocycles. The maximum Gasteiger partial charge on any atom is 0.0765 e. The molecular formula is C11H25NO. The standard InChI is InChI=1S/C11H25NO/c1-6-10(3)8-9-11(4)13-12(5)7-2/h10-11H,6-9H2,1-5H3. The van der Waals surface area contributed by atoms with Crippen LogP contribution in [0.15, 0.2) is 0 Å². The number of nitrogens with zero attached hydrogens (tertiary/aromatic N) is 1. The van der Waals surface area contributed by atoms with Crippen LogP contribution in [0.3, 0.4) is 0 Å². The van der Waals surface area contributed by atoms with E-state index in [0.717, 1.165) is 12.5 Å². The van der Waals surface area contributed by atoms with Gasteiger partial charge in [0.25, 0.3) is 0 Å². The molecule has 0 spiro atoms. The van der Waals surface area contributed by atoms with Gasteiger partial charge in [-0.2, -0.15) is 5.06 Å². The topological polar surface area (TPSA) is 12.5 Å². The third-order valence-electron chi connectivity index (χ3n) is 2.57. The number of hydrogen-bond acceptors (Lipinski definition) is 2. The molecule has 2 atom stereocenters. The summed E-state index contributed by atoms with van der Waals surface area (Å²) < 4.78 is 0. The van der Waals surface area contributed by atoms with Crippen molar-refractivity contribution in [3.05, 3.63) is 0 Å². The molecule has 0 aromatic rings. The van der Waals surface area contributed by atoms with Crippen LogP contribution < -0.4 is 0 Å². The van der Waals surface area contributed by atoms with Crippen LogP contribution in [0.2, 0.25) is 0 Å². The molecule has 0 amide bonds. The van der Waals surface area contributed by atoms with Gasteiger partial charge in [0.1, 0.15) is 0 Å². The Kier molecular flexibility index (Phi) is 7.29. The Morgan fingerprint density at radius 1 is 1.15 bits per heavy atom. The average Bonchev–Trinajstić information content (AvgIpc) is 2.13. The quantitative estimate of drug-likeness (QED) is 0.568. The summed E-state index contributed by atoms with van der Waals surface area (Å²) in [6.07, 6.45) is 4.07. The number of hydrogen-bond donors (Lipinski definition) is 0. The molecule has 0 radical (unpaired) electrons. The zero-order valence-electron chi connectivity index (χ0n) is 9.84. The molecule has 13 heavy (non-hydrogen) atoms. The fourth-order valence-electron chi connectivity index (χ4n) is 1.16. The van der Waals surface area contributed by atoms with Gasteiger partial charge in [0.15, 0.2) is 0 Å². The molecule has 0 aliphatic heterocycles. The molecule has 0 aromatic heterocycles. The third kappa shape index (κ3) is 7.03. The van der Waals surface area contributed by atoms with E-state index in [-0.39, 0.29) is 0 Å². The molecule has 80 valence electrons. The van der Waals surface area contributed by atoms with E-state index < -0.39 is 0 Å². The van der Waals surface area contributed by atoms with Crippen LogP contribution in [0.5, 0.6) is 0 Å². The zero-order chi connectivity index (χ0) is 10.3. The maximum atomic E-state index is 5.63. The molecule has 0 aliphatic rings. The second-order valence-corrected chi connectivity index (χ2v) is 3.95. The highest BCUT2D eigenvalue weighted by Gasteiger charge is 2.07. The lowest BCUT2D eigenvalue weighted by Crippen LogP contribution is -2.24. The normalized spacial score (nSPS) is 16.2. The first-order valence-electron chi connectivity index (χ1n) is 5.48. The van der Waals surface area contributed by atoms with Crippen LogP contribution in [0.1, 0.15) is 47.0 Å². The fourth-order valence-corrected chi connectivity index (χ4v) is 1.16. The van der Waals surface area contributed by atoms with Crippen LogP contribution in [0, 0.1) is 5.92 Å². The first-order chi connectivity index (χ1) is 6.10. The van der Waals surface area contributed by atoms with Gasteiger partial charge in [-0.15, -0.1) is 0 Å². The van der Waals surface area contributed by atoms with Gasteiger partial charge in [-0.05, 0) is 25.7 Å². The summed E-state index contributed by atoms with van der Waals surface area (Å²) in [4.78, 5) is 5.63. The van der Waals surface area contributed by atoms with Gasteiger partial charge in [-0.1, -0.05) is 27.2 Å². The summed E-state index contributed by atoms with van der Waals surface area (Å²) >= 11 is 0. The lowest BCUT2D eigenvalue weighted by molar-refractivity contribution is -0.175. The van der Waals surface area contributed by atoms with Crippen molar-refractivity contribution in [2.24, 2.45) is 5.92 Å². The molecule has 2 unspecified atom stereocenters. The molecule has 0 bridgehead atoms. The average molecular weight is 187 g/mol. The van der Waals surface area contributed by atoms with E-state index in [1.54, 1.807) is 0 Å². The smallest absolute Gasteiger partial charge is 0.0765 e. The Morgan fingerprint density at radius 3 is 2.23 bits per heavy atom. The number of rotatable bonds is 7. The summed E-state index contributed by atoms with van der Waals surface area (Å²) in [6.45, 7) is 9.74. The minimum atomic E-state index is 0.360. The molecule has 0 N–H and O–H groups in total. The highest BCUT2D eigenvalue weighted by molar-refractivity contribution is 4.55. The summed E-state index contributed by atoms with van der Waals surface area (Å²) in [5, 5.41) is 1.90. The van der Waals surface area contributed by atoms with Gasteiger partial charge in [0.05, 0.1) is 6.10 Å². The van der Waals surface area contributed by atoms with Crippen molar-refractivity contribution in [2.75, 3.05) is 13.6 Å². The second kappa shape index (κ2) is 7.34. The third-order valence-corrected chi connectivity index (χ3v) is 2.57. The van der Waals surface area contributed by atoms with Crippen molar-refractivity contribution in [1.82, 2.24) is 5.06 Å². The van der Waals surface area contributed by atoms with E-state index in [4.69, 9.17) is 4.84 Å². The van der Waals surface area contributed by atoms with Crippen LogP contribution in [0.25, 0.3) is 0 Å².